The third-order valence-electron chi connectivity index (χ3n) is 3.79. The molecule has 0 saturated carbocycles. The number of carbonyl (C=O) groups excluding carboxylic acids is 1. The van der Waals surface area contributed by atoms with Crippen molar-refractivity contribution in [3.8, 4) is 0 Å². The maximum Gasteiger partial charge on any atom is 0.416 e. The molecule has 0 amide bonds. The lowest BCUT2D eigenvalue weighted by Crippen LogP contribution is -2.49. The van der Waals surface area contributed by atoms with E-state index in [9.17, 15) is 23.1 Å². The molecule has 1 rings (SSSR count). The van der Waals surface area contributed by atoms with Gasteiger partial charge in [-0.15, -0.1) is 0 Å². The van der Waals surface area contributed by atoms with Crippen molar-refractivity contribution in [3.05, 3.63) is 35.4 Å². The zero-order valence-electron chi connectivity index (χ0n) is 12.4. The maximum atomic E-state index is 12.5. The molecule has 0 aliphatic rings. The van der Waals surface area contributed by atoms with E-state index in [4.69, 9.17) is 0 Å². The molecule has 118 valence electrons. The average molecular weight is 304 g/mol. The van der Waals surface area contributed by atoms with Crippen LogP contribution in [0.2, 0.25) is 0 Å². The van der Waals surface area contributed by atoms with Crippen molar-refractivity contribution in [2.75, 3.05) is 7.11 Å². The molecule has 2 atom stereocenters. The lowest BCUT2D eigenvalue weighted by molar-refractivity contribution is -0.170. The SMILES string of the molecule is COC(=O)C(O)(C(C)C)C(C)c1ccc(C(F)(F)F)cc1. The van der Waals surface area contributed by atoms with E-state index in [0.29, 0.717) is 5.56 Å². The van der Waals surface area contributed by atoms with Gasteiger partial charge in [0.2, 0.25) is 0 Å². The molecule has 1 aromatic rings. The minimum absolute atomic E-state index is 0.435. The monoisotopic (exact) mass is 304 g/mol. The fraction of sp³-hybridized carbons (Fsp3) is 0.533. The first-order chi connectivity index (χ1) is 9.55. The summed E-state index contributed by atoms with van der Waals surface area (Å²) in [5, 5.41) is 10.6. The van der Waals surface area contributed by atoms with Gasteiger partial charge in [0.25, 0.3) is 0 Å². The lowest BCUT2D eigenvalue weighted by Gasteiger charge is -2.35. The Morgan fingerprint density at radius 3 is 1.95 bits per heavy atom. The second-order valence-electron chi connectivity index (χ2n) is 5.31. The van der Waals surface area contributed by atoms with Crippen LogP contribution in [0.3, 0.4) is 0 Å². The molecule has 0 fully saturated rings. The van der Waals surface area contributed by atoms with Gasteiger partial charge in [-0.2, -0.15) is 13.2 Å². The van der Waals surface area contributed by atoms with Gasteiger partial charge < -0.3 is 9.84 Å². The third kappa shape index (κ3) is 3.37. The van der Waals surface area contributed by atoms with Crippen LogP contribution in [0.15, 0.2) is 24.3 Å². The van der Waals surface area contributed by atoms with Gasteiger partial charge in [-0.3, -0.25) is 0 Å². The first kappa shape index (κ1) is 17.5. The molecule has 21 heavy (non-hydrogen) atoms. The number of carbonyl (C=O) groups is 1. The molecule has 0 aliphatic heterocycles. The van der Waals surface area contributed by atoms with Gasteiger partial charge in [0, 0.05) is 5.92 Å². The standard InChI is InChI=1S/C15H19F3O3/c1-9(2)14(20,13(19)21-4)10(3)11-5-7-12(8-6-11)15(16,17)18/h5-10,20H,1-4H3. The summed E-state index contributed by atoms with van der Waals surface area (Å²) in [5.41, 5.74) is -2.14. The van der Waals surface area contributed by atoms with Gasteiger partial charge in [-0.25, -0.2) is 4.79 Å². The summed E-state index contributed by atoms with van der Waals surface area (Å²) in [7, 11) is 1.16. The molecule has 1 N–H and O–H groups in total. The van der Waals surface area contributed by atoms with Crippen molar-refractivity contribution >= 4 is 5.97 Å². The van der Waals surface area contributed by atoms with Crippen molar-refractivity contribution in [1.82, 2.24) is 0 Å². The molecule has 0 aliphatic carbocycles. The highest BCUT2D eigenvalue weighted by atomic mass is 19.4. The number of halogens is 3. The molecule has 0 saturated heterocycles. The number of benzene rings is 1. The summed E-state index contributed by atoms with van der Waals surface area (Å²) in [4.78, 5) is 11.9. The highest BCUT2D eigenvalue weighted by Gasteiger charge is 2.46. The van der Waals surface area contributed by atoms with Crippen LogP contribution in [0.5, 0.6) is 0 Å². The Morgan fingerprint density at radius 1 is 1.14 bits per heavy atom. The van der Waals surface area contributed by atoms with Crippen LogP contribution >= 0.6 is 0 Å². The minimum Gasteiger partial charge on any atom is -0.467 e. The van der Waals surface area contributed by atoms with Crippen LogP contribution in [-0.2, 0) is 15.7 Å². The molecular weight excluding hydrogens is 285 g/mol. The molecule has 0 spiro atoms. The van der Waals surface area contributed by atoms with Crippen LogP contribution in [0.4, 0.5) is 13.2 Å². The quantitative estimate of drug-likeness (QED) is 0.868. The van der Waals surface area contributed by atoms with E-state index in [-0.39, 0.29) is 0 Å². The Labute approximate surface area is 121 Å². The normalized spacial score (nSPS) is 16.4. The zero-order chi connectivity index (χ0) is 16.4. The van der Waals surface area contributed by atoms with E-state index in [2.05, 4.69) is 4.74 Å². The van der Waals surface area contributed by atoms with E-state index < -0.39 is 35.1 Å². The Morgan fingerprint density at radius 2 is 1.62 bits per heavy atom. The van der Waals surface area contributed by atoms with Crippen LogP contribution in [0.25, 0.3) is 0 Å². The minimum atomic E-state index is -4.42. The van der Waals surface area contributed by atoms with Crippen molar-refractivity contribution in [2.24, 2.45) is 5.92 Å². The first-order valence-electron chi connectivity index (χ1n) is 6.53. The summed E-state index contributed by atoms with van der Waals surface area (Å²) >= 11 is 0. The highest BCUT2D eigenvalue weighted by Crippen LogP contribution is 2.36. The zero-order valence-corrected chi connectivity index (χ0v) is 12.4. The smallest absolute Gasteiger partial charge is 0.416 e. The number of ether oxygens (including phenoxy) is 1. The van der Waals surface area contributed by atoms with Crippen molar-refractivity contribution in [3.63, 3.8) is 0 Å². The van der Waals surface area contributed by atoms with Crippen molar-refractivity contribution < 1.29 is 27.8 Å². The number of esters is 1. The van der Waals surface area contributed by atoms with Gasteiger partial charge in [-0.05, 0) is 23.6 Å². The highest BCUT2D eigenvalue weighted by molar-refractivity contribution is 5.81. The second kappa shape index (κ2) is 6.05. The van der Waals surface area contributed by atoms with E-state index in [1.807, 2.05) is 0 Å². The van der Waals surface area contributed by atoms with Crippen molar-refractivity contribution in [1.29, 1.82) is 0 Å². The van der Waals surface area contributed by atoms with Gasteiger partial charge in [-0.1, -0.05) is 32.9 Å². The lowest BCUT2D eigenvalue weighted by atomic mass is 9.76. The molecule has 6 heteroatoms. The number of rotatable bonds is 4. The number of hydrogen-bond donors (Lipinski definition) is 1. The molecule has 2 unspecified atom stereocenters. The molecule has 0 radical (unpaired) electrons. The number of hydrogen-bond acceptors (Lipinski definition) is 3. The average Bonchev–Trinajstić information content (AvgIpc) is 2.43. The maximum absolute atomic E-state index is 12.5. The first-order valence-corrected chi connectivity index (χ1v) is 6.53. The van der Waals surface area contributed by atoms with Gasteiger partial charge in [0.05, 0.1) is 12.7 Å². The van der Waals surface area contributed by atoms with Gasteiger partial charge in [0.1, 0.15) is 0 Å². The van der Waals surface area contributed by atoms with E-state index >= 15 is 0 Å². The number of aliphatic hydroxyl groups is 1. The number of methoxy groups -OCH3 is 1. The summed E-state index contributed by atoms with van der Waals surface area (Å²) in [6.45, 7) is 4.88. The summed E-state index contributed by atoms with van der Waals surface area (Å²) < 4.78 is 42.3. The summed E-state index contributed by atoms with van der Waals surface area (Å²) in [6, 6.07) is 4.40. The van der Waals surface area contributed by atoms with Crippen LogP contribution in [0, 0.1) is 5.92 Å². The van der Waals surface area contributed by atoms with Crippen LogP contribution < -0.4 is 0 Å². The fourth-order valence-corrected chi connectivity index (χ4v) is 2.29. The molecule has 0 aromatic heterocycles. The third-order valence-corrected chi connectivity index (χ3v) is 3.79. The van der Waals surface area contributed by atoms with Crippen LogP contribution in [-0.4, -0.2) is 23.8 Å². The Kier molecular flexibility index (Phi) is 5.04. The predicted molar refractivity (Wildman–Crippen MR) is 71.7 cm³/mol. The summed E-state index contributed by atoms with van der Waals surface area (Å²) in [6.07, 6.45) is -4.42. The molecule has 3 nitrogen and oxygen atoms in total. The molecule has 1 aromatic carbocycles. The Hall–Kier alpha value is -1.56. The molecular formula is C15H19F3O3. The summed E-state index contributed by atoms with van der Waals surface area (Å²) in [5.74, 6) is -1.96. The van der Waals surface area contributed by atoms with Crippen molar-refractivity contribution in [2.45, 2.75) is 38.5 Å². The topological polar surface area (TPSA) is 46.5 Å². The van der Waals surface area contributed by atoms with E-state index in [0.717, 1.165) is 19.2 Å². The van der Waals surface area contributed by atoms with Gasteiger partial charge in [0.15, 0.2) is 5.60 Å². The molecule has 0 bridgehead atoms. The second-order valence-corrected chi connectivity index (χ2v) is 5.31. The predicted octanol–water partition coefficient (Wildman–Crippen LogP) is 3.37. The fourth-order valence-electron chi connectivity index (χ4n) is 2.29. The Bertz CT molecular complexity index is 494. The Balaban J connectivity index is 3.17. The van der Waals surface area contributed by atoms with Crippen LogP contribution in [0.1, 0.15) is 37.8 Å². The largest absolute Gasteiger partial charge is 0.467 e. The number of alkyl halides is 3. The van der Waals surface area contributed by atoms with Gasteiger partial charge >= 0.3 is 12.1 Å². The van der Waals surface area contributed by atoms with E-state index in [1.165, 1.54) is 12.1 Å². The molecule has 0 heterocycles. The van der Waals surface area contributed by atoms with E-state index in [1.54, 1.807) is 20.8 Å².